The van der Waals surface area contributed by atoms with Crippen LogP contribution in [-0.4, -0.2) is 0 Å². The summed E-state index contributed by atoms with van der Waals surface area (Å²) < 4.78 is 0. The van der Waals surface area contributed by atoms with Gasteiger partial charge in [-0.05, 0) is 11.8 Å². The van der Waals surface area contributed by atoms with E-state index in [-0.39, 0.29) is 22.3 Å². The van der Waals surface area contributed by atoms with Crippen molar-refractivity contribution < 1.29 is 0 Å². The summed E-state index contributed by atoms with van der Waals surface area (Å²) in [7, 11) is 0. The normalized spacial score (nSPS) is 6.30. The highest BCUT2D eigenvalue weighted by atomic mass is 13.9. The Kier molecular flexibility index (Phi) is 191. The van der Waals surface area contributed by atoms with Crippen LogP contribution in [-0.2, 0) is 0 Å². The van der Waals surface area contributed by atoms with Gasteiger partial charge in [-0.2, -0.15) is 0 Å². The summed E-state index contributed by atoms with van der Waals surface area (Å²) in [6, 6.07) is 0. The van der Waals surface area contributed by atoms with Gasteiger partial charge in [-0.1, -0.05) is 125 Å². The smallest absolute Gasteiger partial charge is 0.0474 e. The number of hydrogen-bond acceptors (Lipinski definition) is 0. The Morgan fingerprint density at radius 1 is 0.500 bits per heavy atom. The molecule has 0 aliphatic rings. The summed E-state index contributed by atoms with van der Waals surface area (Å²) in [5.74, 6) is 1.77. The fraction of sp³-hybridized carbons (Fsp3) is 1.00. The van der Waals surface area contributed by atoms with E-state index in [1.807, 2.05) is 27.7 Å². The quantitative estimate of drug-likeness (QED) is 0.476. The Morgan fingerprint density at radius 3 is 0.550 bits per heavy atom. The fourth-order valence-corrected chi connectivity index (χ4v) is 0. The van der Waals surface area contributed by atoms with Crippen molar-refractivity contribution in [1.82, 2.24) is 0 Å². The second-order valence-corrected chi connectivity index (χ2v) is 4.31. The molecule has 0 rings (SSSR count). The van der Waals surface area contributed by atoms with E-state index in [0.29, 0.717) is 0 Å². The molecule has 0 saturated carbocycles. The Bertz CT molecular complexity index is 45.1. The lowest BCUT2D eigenvalue weighted by Crippen LogP contribution is -1.77. The SMILES string of the molecule is C.C.C.CC.CC.CCC.CCC(C)C.CCC(C)C. The topological polar surface area (TPSA) is 0 Å². The van der Waals surface area contributed by atoms with Gasteiger partial charge in [-0.25, -0.2) is 0 Å². The maximum Gasteiger partial charge on any atom is -0.0474 e. The predicted molar refractivity (Wildman–Crippen MR) is 109 cm³/mol. The maximum atomic E-state index is 2.22. The molecule has 0 heteroatoms. The predicted octanol–water partition coefficient (Wildman–Crippen LogP) is 9.48. The highest BCUT2D eigenvalue weighted by Gasteiger charge is 1.80. The van der Waals surface area contributed by atoms with Crippen molar-refractivity contribution in [3.63, 3.8) is 0 Å². The van der Waals surface area contributed by atoms with Crippen molar-refractivity contribution in [3.8, 4) is 0 Å². The Morgan fingerprint density at radius 2 is 0.550 bits per heavy atom. The van der Waals surface area contributed by atoms with E-state index < -0.39 is 0 Å². The first-order chi connectivity index (χ1) is 7.95. The summed E-state index contributed by atoms with van der Waals surface area (Å²) in [5.41, 5.74) is 0. The first-order valence-electron chi connectivity index (χ1n) is 7.95. The summed E-state index contributed by atoms with van der Waals surface area (Å²) in [4.78, 5) is 0. The lowest BCUT2D eigenvalue weighted by molar-refractivity contribution is 0.626. The van der Waals surface area contributed by atoms with Crippen LogP contribution in [0.25, 0.3) is 0 Å². The zero-order valence-corrected chi connectivity index (χ0v) is 15.3. The molecule has 0 aliphatic carbocycles. The van der Waals surface area contributed by atoms with Crippen LogP contribution in [0.2, 0.25) is 0 Å². The lowest BCUT2D eigenvalue weighted by atomic mass is 10.2. The van der Waals surface area contributed by atoms with Gasteiger partial charge in [0.15, 0.2) is 0 Å². The van der Waals surface area contributed by atoms with Crippen molar-refractivity contribution in [1.29, 1.82) is 0 Å². The Labute approximate surface area is 137 Å². The molecule has 0 aromatic carbocycles. The molecule has 136 valence electrons. The molecule has 0 aromatic heterocycles. The molecule has 0 bridgehead atoms. The average molecular weight is 297 g/mol. The van der Waals surface area contributed by atoms with E-state index in [2.05, 4.69) is 55.4 Å². The lowest BCUT2D eigenvalue weighted by Gasteiger charge is -1.90. The molecule has 0 spiro atoms. The number of rotatable bonds is 2. The zero-order valence-electron chi connectivity index (χ0n) is 15.3. The van der Waals surface area contributed by atoms with Gasteiger partial charge in [-0.15, -0.1) is 0 Å². The van der Waals surface area contributed by atoms with Gasteiger partial charge in [0.2, 0.25) is 0 Å². The van der Waals surface area contributed by atoms with Crippen LogP contribution < -0.4 is 0 Å². The molecule has 0 amide bonds. The summed E-state index contributed by atoms with van der Waals surface area (Å²) in [5, 5.41) is 0. The van der Waals surface area contributed by atoms with Crippen LogP contribution in [0.4, 0.5) is 0 Å². The molecule has 0 unspecified atom stereocenters. The van der Waals surface area contributed by atoms with Crippen LogP contribution in [0.1, 0.15) is 125 Å². The second-order valence-electron chi connectivity index (χ2n) is 4.31. The van der Waals surface area contributed by atoms with E-state index in [1.165, 1.54) is 19.3 Å². The third-order valence-corrected chi connectivity index (χ3v) is 1.63. The number of hydrogen-bond donors (Lipinski definition) is 0. The van der Waals surface area contributed by atoms with Crippen molar-refractivity contribution >= 4 is 0 Å². The molecule has 0 saturated heterocycles. The molecule has 20 heavy (non-hydrogen) atoms. The Balaban J connectivity index is -0.0000000152. The largest absolute Gasteiger partial charge is 0.0776 e. The molecular weight excluding hydrogens is 240 g/mol. The van der Waals surface area contributed by atoms with Crippen LogP contribution in [0.5, 0.6) is 0 Å². The van der Waals surface area contributed by atoms with Gasteiger partial charge >= 0.3 is 0 Å². The third-order valence-electron chi connectivity index (χ3n) is 1.63. The molecule has 0 heterocycles. The molecule has 0 N–H and O–H groups in total. The van der Waals surface area contributed by atoms with Crippen molar-refractivity contribution in [2.45, 2.75) is 125 Å². The van der Waals surface area contributed by atoms with Crippen molar-refractivity contribution in [2.24, 2.45) is 11.8 Å². The van der Waals surface area contributed by atoms with Crippen LogP contribution in [0.3, 0.4) is 0 Å². The standard InChI is InChI=1S/2C5H12.C3H8.2C2H6.3CH4/c2*1-4-5(2)3;1-3-2;2*1-2;;;/h2*5H,4H2,1-3H3;3H2,1-2H3;2*1-2H3;3*1H4. The maximum absolute atomic E-state index is 2.22. The molecule has 0 aliphatic heterocycles. The highest BCUT2D eigenvalue weighted by molar-refractivity contribution is 4.33. The molecular formula is C20H56. The zero-order chi connectivity index (χ0) is 15.3. The van der Waals surface area contributed by atoms with Gasteiger partial charge in [0.05, 0.1) is 0 Å². The van der Waals surface area contributed by atoms with E-state index in [4.69, 9.17) is 0 Å². The third kappa shape index (κ3) is 325. The van der Waals surface area contributed by atoms with Gasteiger partial charge in [0.1, 0.15) is 0 Å². The van der Waals surface area contributed by atoms with E-state index in [0.717, 1.165) is 11.8 Å². The minimum atomic E-state index is 0. The first-order valence-corrected chi connectivity index (χ1v) is 7.95. The Hall–Kier alpha value is 0. The van der Waals surface area contributed by atoms with Crippen molar-refractivity contribution in [3.05, 3.63) is 0 Å². The van der Waals surface area contributed by atoms with Crippen LogP contribution in [0.15, 0.2) is 0 Å². The van der Waals surface area contributed by atoms with E-state index in [9.17, 15) is 0 Å². The van der Waals surface area contributed by atoms with E-state index >= 15 is 0 Å². The summed E-state index contributed by atoms with van der Waals surface area (Å²) in [6.07, 6.45) is 3.86. The van der Waals surface area contributed by atoms with Gasteiger partial charge in [-0.3, -0.25) is 0 Å². The molecule has 0 fully saturated rings. The highest BCUT2D eigenvalue weighted by Crippen LogP contribution is 1.94. The molecule has 0 atom stereocenters. The monoisotopic (exact) mass is 296 g/mol. The molecule has 0 radical (unpaired) electrons. The first kappa shape index (κ1) is 50.1. The molecule has 0 aromatic rings. The van der Waals surface area contributed by atoms with Gasteiger partial charge in [0.25, 0.3) is 0 Å². The van der Waals surface area contributed by atoms with Crippen molar-refractivity contribution in [2.75, 3.05) is 0 Å². The minimum absolute atomic E-state index is 0. The minimum Gasteiger partial charge on any atom is -0.0776 e. The second kappa shape index (κ2) is 76.0. The fourth-order valence-electron chi connectivity index (χ4n) is 0. The van der Waals surface area contributed by atoms with E-state index in [1.54, 1.807) is 0 Å². The summed E-state index contributed by atoms with van der Waals surface area (Å²) >= 11 is 0. The van der Waals surface area contributed by atoms with Crippen LogP contribution >= 0.6 is 0 Å². The average Bonchev–Trinajstić information content (AvgIpc) is 2.35. The van der Waals surface area contributed by atoms with Crippen LogP contribution in [0, 0.1) is 11.8 Å². The summed E-state index contributed by atoms with van der Waals surface area (Å²) in [6.45, 7) is 25.5. The molecule has 0 nitrogen and oxygen atoms in total. The van der Waals surface area contributed by atoms with Gasteiger partial charge in [0, 0.05) is 0 Å². The van der Waals surface area contributed by atoms with Gasteiger partial charge < -0.3 is 0 Å².